The molecule has 0 unspecified atom stereocenters. The SMILES string of the molecule is COc1ccc(Nc2ccc(C(=O)Nc3ccc(Br)cc3)cn2)cc1. The van der Waals surface area contributed by atoms with E-state index in [1.165, 1.54) is 0 Å². The zero-order valence-corrected chi connectivity index (χ0v) is 15.1. The maximum Gasteiger partial charge on any atom is 0.257 e. The van der Waals surface area contributed by atoms with Crippen molar-refractivity contribution in [1.82, 2.24) is 4.98 Å². The van der Waals surface area contributed by atoms with Crippen molar-refractivity contribution >= 4 is 39.0 Å². The lowest BCUT2D eigenvalue weighted by molar-refractivity contribution is 0.102. The largest absolute Gasteiger partial charge is 0.497 e. The number of halogens is 1. The van der Waals surface area contributed by atoms with E-state index in [1.807, 2.05) is 48.5 Å². The Labute approximate surface area is 154 Å². The molecule has 1 heterocycles. The van der Waals surface area contributed by atoms with E-state index in [2.05, 4.69) is 31.5 Å². The van der Waals surface area contributed by atoms with Crippen molar-refractivity contribution in [2.45, 2.75) is 0 Å². The van der Waals surface area contributed by atoms with E-state index in [4.69, 9.17) is 4.74 Å². The fourth-order valence-electron chi connectivity index (χ4n) is 2.16. The molecule has 5 nitrogen and oxygen atoms in total. The summed E-state index contributed by atoms with van der Waals surface area (Å²) in [7, 11) is 1.63. The van der Waals surface area contributed by atoms with E-state index in [0.717, 1.165) is 21.6 Å². The Morgan fingerprint density at radius 3 is 2.24 bits per heavy atom. The van der Waals surface area contributed by atoms with Crippen molar-refractivity contribution in [2.24, 2.45) is 0 Å². The first kappa shape index (κ1) is 17.0. The van der Waals surface area contributed by atoms with Crippen LogP contribution in [0.2, 0.25) is 0 Å². The van der Waals surface area contributed by atoms with Crippen molar-refractivity contribution in [3.8, 4) is 5.75 Å². The van der Waals surface area contributed by atoms with E-state index in [9.17, 15) is 4.79 Å². The smallest absolute Gasteiger partial charge is 0.257 e. The summed E-state index contributed by atoms with van der Waals surface area (Å²) in [6, 6.07) is 18.4. The summed E-state index contributed by atoms with van der Waals surface area (Å²) in [6.07, 6.45) is 1.54. The van der Waals surface area contributed by atoms with E-state index in [0.29, 0.717) is 11.4 Å². The molecule has 0 bridgehead atoms. The predicted molar refractivity (Wildman–Crippen MR) is 103 cm³/mol. The van der Waals surface area contributed by atoms with Crippen LogP contribution < -0.4 is 15.4 Å². The highest BCUT2D eigenvalue weighted by Gasteiger charge is 2.07. The molecule has 0 radical (unpaired) electrons. The van der Waals surface area contributed by atoms with Crippen LogP contribution in [0, 0.1) is 0 Å². The number of ether oxygens (including phenoxy) is 1. The molecule has 1 amide bonds. The lowest BCUT2D eigenvalue weighted by atomic mass is 10.2. The number of carbonyl (C=O) groups is 1. The van der Waals surface area contributed by atoms with Crippen LogP contribution in [0.25, 0.3) is 0 Å². The zero-order chi connectivity index (χ0) is 17.6. The van der Waals surface area contributed by atoms with Gasteiger partial charge in [0.15, 0.2) is 0 Å². The Bertz CT molecular complexity index is 847. The van der Waals surface area contributed by atoms with Crippen LogP contribution in [0.3, 0.4) is 0 Å². The first-order valence-corrected chi connectivity index (χ1v) is 8.37. The number of pyridine rings is 1. The van der Waals surface area contributed by atoms with Crippen LogP contribution in [0.1, 0.15) is 10.4 Å². The number of amides is 1. The third-order valence-corrected chi connectivity index (χ3v) is 4.02. The molecule has 3 rings (SSSR count). The predicted octanol–water partition coefficient (Wildman–Crippen LogP) is 4.85. The molecule has 0 aliphatic rings. The molecule has 2 aromatic carbocycles. The number of nitrogens with zero attached hydrogens (tertiary/aromatic N) is 1. The summed E-state index contributed by atoms with van der Waals surface area (Å²) in [5.41, 5.74) is 2.11. The van der Waals surface area contributed by atoms with Gasteiger partial charge in [-0.15, -0.1) is 0 Å². The highest BCUT2D eigenvalue weighted by Crippen LogP contribution is 2.19. The van der Waals surface area contributed by atoms with Gasteiger partial charge in [-0.25, -0.2) is 4.98 Å². The van der Waals surface area contributed by atoms with Gasteiger partial charge in [0.2, 0.25) is 0 Å². The van der Waals surface area contributed by atoms with Gasteiger partial charge in [0.05, 0.1) is 12.7 Å². The van der Waals surface area contributed by atoms with Crippen molar-refractivity contribution < 1.29 is 9.53 Å². The minimum absolute atomic E-state index is 0.203. The number of nitrogens with one attached hydrogen (secondary N) is 2. The Kier molecular flexibility index (Phi) is 5.30. The number of anilines is 3. The Balaban J connectivity index is 1.64. The fraction of sp³-hybridized carbons (Fsp3) is 0.0526. The third-order valence-electron chi connectivity index (χ3n) is 3.49. The first-order chi connectivity index (χ1) is 12.1. The molecule has 0 spiro atoms. The van der Waals surface area contributed by atoms with Crippen molar-refractivity contribution in [3.05, 3.63) is 76.9 Å². The molecule has 25 heavy (non-hydrogen) atoms. The number of aromatic nitrogens is 1. The number of benzene rings is 2. The monoisotopic (exact) mass is 397 g/mol. The van der Waals surface area contributed by atoms with Crippen LogP contribution >= 0.6 is 15.9 Å². The lowest BCUT2D eigenvalue weighted by Crippen LogP contribution is -2.12. The Hall–Kier alpha value is -2.86. The minimum Gasteiger partial charge on any atom is -0.497 e. The number of methoxy groups -OCH3 is 1. The van der Waals surface area contributed by atoms with E-state index in [1.54, 1.807) is 25.4 Å². The quantitative estimate of drug-likeness (QED) is 0.645. The molecule has 0 atom stereocenters. The standard InChI is InChI=1S/C19H16BrN3O2/c1-25-17-9-7-15(8-10-17)22-18-11-2-13(12-21-18)19(24)23-16-5-3-14(20)4-6-16/h2-12H,1H3,(H,21,22)(H,23,24). The maximum atomic E-state index is 12.2. The van der Waals surface area contributed by atoms with Crippen LogP contribution in [0.4, 0.5) is 17.2 Å². The van der Waals surface area contributed by atoms with Crippen molar-refractivity contribution in [3.63, 3.8) is 0 Å². The van der Waals surface area contributed by atoms with Gasteiger partial charge in [-0.2, -0.15) is 0 Å². The molecule has 0 aliphatic heterocycles. The van der Waals surface area contributed by atoms with Crippen LogP contribution in [0.15, 0.2) is 71.3 Å². The second-order valence-electron chi connectivity index (χ2n) is 5.25. The molecule has 126 valence electrons. The molecule has 2 N–H and O–H groups in total. The van der Waals surface area contributed by atoms with Gasteiger partial charge in [-0.3, -0.25) is 4.79 Å². The zero-order valence-electron chi connectivity index (χ0n) is 13.5. The fourth-order valence-corrected chi connectivity index (χ4v) is 2.43. The summed E-state index contributed by atoms with van der Waals surface area (Å²) in [6.45, 7) is 0. The van der Waals surface area contributed by atoms with Gasteiger partial charge in [-0.05, 0) is 60.7 Å². The molecular formula is C19H16BrN3O2. The molecule has 6 heteroatoms. The van der Waals surface area contributed by atoms with Crippen LogP contribution in [-0.4, -0.2) is 18.0 Å². The van der Waals surface area contributed by atoms with Gasteiger partial charge >= 0.3 is 0 Å². The van der Waals surface area contributed by atoms with E-state index in [-0.39, 0.29) is 5.91 Å². The van der Waals surface area contributed by atoms with Crippen LogP contribution in [0.5, 0.6) is 5.75 Å². The number of hydrogen-bond donors (Lipinski definition) is 2. The molecule has 1 aromatic heterocycles. The molecular weight excluding hydrogens is 382 g/mol. The van der Waals surface area contributed by atoms with Crippen LogP contribution in [-0.2, 0) is 0 Å². The molecule has 0 saturated carbocycles. The normalized spacial score (nSPS) is 10.2. The third kappa shape index (κ3) is 4.58. The molecule has 0 saturated heterocycles. The van der Waals surface area contributed by atoms with Gasteiger partial charge in [0.25, 0.3) is 5.91 Å². The Morgan fingerprint density at radius 1 is 0.960 bits per heavy atom. The van der Waals surface area contributed by atoms with Gasteiger partial charge in [-0.1, -0.05) is 15.9 Å². The topological polar surface area (TPSA) is 63.2 Å². The summed E-state index contributed by atoms with van der Waals surface area (Å²) in [4.78, 5) is 16.5. The summed E-state index contributed by atoms with van der Waals surface area (Å²) >= 11 is 3.36. The van der Waals surface area contributed by atoms with E-state index >= 15 is 0 Å². The first-order valence-electron chi connectivity index (χ1n) is 7.58. The highest BCUT2D eigenvalue weighted by molar-refractivity contribution is 9.10. The molecule has 3 aromatic rings. The second-order valence-corrected chi connectivity index (χ2v) is 6.16. The highest BCUT2D eigenvalue weighted by atomic mass is 79.9. The number of rotatable bonds is 5. The van der Waals surface area contributed by atoms with Gasteiger partial charge in [0.1, 0.15) is 11.6 Å². The van der Waals surface area contributed by atoms with Crippen molar-refractivity contribution in [2.75, 3.05) is 17.7 Å². The summed E-state index contributed by atoms with van der Waals surface area (Å²) in [5.74, 6) is 1.25. The van der Waals surface area contributed by atoms with Gasteiger partial charge < -0.3 is 15.4 Å². The molecule has 0 fully saturated rings. The average Bonchev–Trinajstić information content (AvgIpc) is 2.65. The molecule has 0 aliphatic carbocycles. The number of carbonyl (C=O) groups excluding carboxylic acids is 1. The van der Waals surface area contributed by atoms with E-state index < -0.39 is 0 Å². The second kappa shape index (κ2) is 7.81. The minimum atomic E-state index is -0.203. The Morgan fingerprint density at radius 2 is 1.64 bits per heavy atom. The maximum absolute atomic E-state index is 12.2. The van der Waals surface area contributed by atoms with Gasteiger partial charge in [0, 0.05) is 22.0 Å². The lowest BCUT2D eigenvalue weighted by Gasteiger charge is -2.08. The summed E-state index contributed by atoms with van der Waals surface area (Å²) in [5, 5.41) is 6.01. The number of hydrogen-bond acceptors (Lipinski definition) is 4. The van der Waals surface area contributed by atoms with Crippen molar-refractivity contribution in [1.29, 1.82) is 0 Å². The summed E-state index contributed by atoms with van der Waals surface area (Å²) < 4.78 is 6.09. The average molecular weight is 398 g/mol.